The summed E-state index contributed by atoms with van der Waals surface area (Å²) in [6.07, 6.45) is 10.8. The molecule has 0 radical (unpaired) electrons. The number of aryl methyl sites for hydroxylation is 1. The van der Waals surface area contributed by atoms with Gasteiger partial charge in [0.25, 0.3) is 11.8 Å². The summed E-state index contributed by atoms with van der Waals surface area (Å²) in [4.78, 5) is 245. The molecule has 8 rings (SSSR count). The number of carboxylic acids is 1. The molecule has 4 saturated carbocycles. The molecule has 39 heteroatoms. The van der Waals surface area contributed by atoms with Crippen molar-refractivity contribution >= 4 is 112 Å². The number of ketones is 2. The van der Waals surface area contributed by atoms with Crippen LogP contribution in [0.3, 0.4) is 0 Å². The van der Waals surface area contributed by atoms with Crippen LogP contribution in [0, 0.1) is 28.6 Å². The van der Waals surface area contributed by atoms with E-state index in [9.17, 15) is 91.4 Å². The molecular weight excluding hydrogens is 1580 g/mol. The van der Waals surface area contributed by atoms with Crippen molar-refractivity contribution in [3.05, 3.63) is 71.9 Å². The molecule has 2 aliphatic heterocycles. The molecule has 0 unspecified atom stereocenters. The van der Waals surface area contributed by atoms with Crippen LogP contribution in [0.1, 0.15) is 97.5 Å². The van der Waals surface area contributed by atoms with Crippen molar-refractivity contribution in [1.29, 1.82) is 0 Å². The number of aliphatic carboxylic acids is 1. The van der Waals surface area contributed by atoms with Crippen LogP contribution < -0.4 is 25.6 Å². The van der Waals surface area contributed by atoms with Gasteiger partial charge in [0.1, 0.15) is 37.7 Å². The fraction of sp³-hybridized carbons (Fsp3) is 0.610. The topological polar surface area (TPSA) is 456 Å². The second kappa shape index (κ2) is 40.5. The lowest BCUT2D eigenvalue weighted by atomic mass is 9.44. The quantitative estimate of drug-likeness (QED) is 0.0213. The maximum Gasteiger partial charge on any atom is 0.323 e. The maximum atomic E-state index is 18.1. The van der Waals surface area contributed by atoms with Crippen LogP contribution in [0.2, 0.25) is 0 Å². The Hall–Kier alpha value is -11.2. The van der Waals surface area contributed by atoms with Crippen molar-refractivity contribution in [1.82, 2.24) is 64.9 Å². The number of carboxylic acid groups (broad SMARTS) is 1. The smallest absolute Gasteiger partial charge is 0.323 e. The molecule has 1 saturated heterocycles. The Bertz CT molecular complexity index is 4340. The van der Waals surface area contributed by atoms with E-state index in [4.69, 9.17) is 24.1 Å². The maximum absolute atomic E-state index is 18.1. The van der Waals surface area contributed by atoms with Crippen LogP contribution in [0.4, 0.5) is 10.1 Å². The number of carbonyl (C=O) groups is 18. The van der Waals surface area contributed by atoms with Gasteiger partial charge in [-0.2, -0.15) is 0 Å². The first kappa shape index (κ1) is 95.3. The molecule has 11 atom stereocenters. The van der Waals surface area contributed by atoms with Gasteiger partial charge >= 0.3 is 5.97 Å². The van der Waals surface area contributed by atoms with Crippen LogP contribution in [-0.4, -0.2) is 363 Å². The predicted octanol–water partition coefficient (Wildman–Crippen LogP) is -1.64. The highest BCUT2D eigenvalue weighted by Crippen LogP contribution is 2.72. The van der Waals surface area contributed by atoms with Crippen LogP contribution in [0.5, 0.6) is 5.75 Å². The van der Waals surface area contributed by atoms with Crippen molar-refractivity contribution in [2.75, 3.05) is 161 Å². The molecular formula is C82H113FN14O24. The first-order valence-electron chi connectivity index (χ1n) is 40.0. The van der Waals surface area contributed by atoms with E-state index < -0.39 is 244 Å². The van der Waals surface area contributed by atoms with Gasteiger partial charge in [-0.3, -0.25) is 86.3 Å². The highest BCUT2D eigenvalue weighted by Gasteiger charge is 2.79. The fourth-order valence-electron chi connectivity index (χ4n) is 16.3. The van der Waals surface area contributed by atoms with Crippen molar-refractivity contribution in [3.8, 4) is 5.75 Å². The number of Topliss-reactive ketones (excluding diaryl/α,β-unsaturated/α-hetero) is 1. The number of benzene rings is 1. The van der Waals surface area contributed by atoms with Crippen LogP contribution in [-0.2, 0) is 107 Å². The minimum atomic E-state index is -2.17. The number of likely N-dealkylation sites (N-methyl/N-ethyl adjacent to an activating group) is 10. The van der Waals surface area contributed by atoms with Crippen molar-refractivity contribution < 1.29 is 120 Å². The second-order valence-corrected chi connectivity index (χ2v) is 32.9. The number of nitrogens with zero attached hydrogens (tertiary/aromatic N) is 11. The van der Waals surface area contributed by atoms with Crippen molar-refractivity contribution in [2.24, 2.45) is 28.6 Å². The van der Waals surface area contributed by atoms with Crippen LogP contribution in [0.25, 0.3) is 0 Å². The number of aliphatic hydroxyl groups is 1. The minimum Gasteiger partial charge on any atom is -0.493 e. The minimum absolute atomic E-state index is 0.00815. The van der Waals surface area contributed by atoms with Gasteiger partial charge in [-0.1, -0.05) is 37.1 Å². The molecule has 121 heavy (non-hydrogen) atoms. The van der Waals surface area contributed by atoms with E-state index in [2.05, 4.69) is 16.0 Å². The average molecular weight is 1700 g/mol. The molecule has 5 aliphatic carbocycles. The van der Waals surface area contributed by atoms with Gasteiger partial charge in [0, 0.05) is 118 Å². The lowest BCUT2D eigenvalue weighted by Crippen LogP contribution is -2.69. The van der Waals surface area contributed by atoms with E-state index >= 15 is 4.39 Å². The number of fused-ring (bicyclic) bond motifs is 7. The van der Waals surface area contributed by atoms with E-state index in [-0.39, 0.29) is 62.4 Å². The number of hydrogen-bond donors (Lipinski definition) is 5. The lowest BCUT2D eigenvalue weighted by molar-refractivity contribution is -0.227. The predicted molar refractivity (Wildman–Crippen MR) is 427 cm³/mol. The second-order valence-electron chi connectivity index (χ2n) is 32.9. The lowest BCUT2D eigenvalue weighted by Gasteiger charge is -2.62. The summed E-state index contributed by atoms with van der Waals surface area (Å²) in [5, 5.41) is 28.7. The normalized spacial score (nSPS) is 23.5. The molecule has 662 valence electrons. The van der Waals surface area contributed by atoms with Crippen molar-refractivity contribution in [2.45, 2.75) is 140 Å². The summed E-state index contributed by atoms with van der Waals surface area (Å²) in [6.45, 7) is 0.168. The molecule has 0 aromatic heterocycles. The third-order valence-corrected chi connectivity index (χ3v) is 24.1. The molecule has 7 aliphatic rings. The van der Waals surface area contributed by atoms with E-state index in [1.807, 2.05) is 13.0 Å². The van der Waals surface area contributed by atoms with E-state index in [0.29, 0.717) is 29.9 Å². The Labute approximate surface area is 700 Å². The number of nitrogens with one attached hydrogen (secondary N) is 3. The zero-order valence-corrected chi connectivity index (χ0v) is 71.0. The Morgan fingerprint density at radius 1 is 0.603 bits per heavy atom. The molecule has 1 aromatic carbocycles. The summed E-state index contributed by atoms with van der Waals surface area (Å²) >= 11 is 0. The van der Waals surface area contributed by atoms with E-state index in [1.54, 1.807) is 25.1 Å². The number of alkyl halides is 1. The van der Waals surface area contributed by atoms with E-state index in [0.717, 1.165) is 85.3 Å². The number of imide groups is 1. The Balaban J connectivity index is 0.731. The summed E-state index contributed by atoms with van der Waals surface area (Å²) in [6, 6.07) is 2.12. The molecule has 2 heterocycles. The summed E-state index contributed by atoms with van der Waals surface area (Å²) in [5.74, 6) is -12.4. The first-order chi connectivity index (χ1) is 56.8. The number of ether oxygens (including phenoxy) is 4. The molecule has 1 aromatic rings. The zero-order valence-electron chi connectivity index (χ0n) is 71.0. The number of rotatable bonds is 40. The number of allylic oxidation sites excluding steroid dienone is 5. The molecule has 0 spiro atoms. The highest BCUT2D eigenvalue weighted by atomic mass is 19.1. The monoisotopic (exact) mass is 1700 g/mol. The Kier molecular flexibility index (Phi) is 31.9. The Morgan fingerprint density at radius 3 is 1.55 bits per heavy atom. The fourth-order valence-corrected chi connectivity index (χ4v) is 16.3. The van der Waals surface area contributed by atoms with Gasteiger partial charge in [-0.05, 0) is 114 Å². The van der Waals surface area contributed by atoms with Gasteiger partial charge < -0.3 is 94.1 Å². The highest BCUT2D eigenvalue weighted by molar-refractivity contribution is 6.28. The molecule has 0 bridgehead atoms. The number of anilines is 1. The first-order valence-corrected chi connectivity index (χ1v) is 40.0. The number of carbonyl (C=O) groups excluding carboxylic acids is 17. The number of halogens is 1. The largest absolute Gasteiger partial charge is 0.493 e. The van der Waals surface area contributed by atoms with Gasteiger partial charge in [-0.15, -0.1) is 0 Å². The van der Waals surface area contributed by atoms with Crippen LogP contribution >= 0.6 is 0 Å². The van der Waals surface area contributed by atoms with Crippen LogP contribution in [0.15, 0.2) is 66.3 Å². The number of hydrogen-bond acceptors (Lipinski definition) is 23. The van der Waals surface area contributed by atoms with Gasteiger partial charge in [0.05, 0.1) is 83.4 Å². The van der Waals surface area contributed by atoms with E-state index in [1.165, 1.54) is 109 Å². The molecule has 5 fully saturated rings. The number of amides is 15. The summed E-state index contributed by atoms with van der Waals surface area (Å²) < 4.78 is 43.2. The Morgan fingerprint density at radius 2 is 1.07 bits per heavy atom. The van der Waals surface area contributed by atoms with Crippen molar-refractivity contribution in [3.63, 3.8) is 0 Å². The summed E-state index contributed by atoms with van der Waals surface area (Å²) in [5.41, 5.74) is -5.03. The van der Waals surface area contributed by atoms with Gasteiger partial charge in [-0.25, -0.2) is 9.29 Å². The SMILES string of the molecule is C[C@H](NC(=O)CCc1ccc(N2C(=O)C=CC2=O)cc1OCCCC(=O)N(C)CC(=O)N(C)CC(=O)N(C)CC(=O)N(C)CC(=O)N(C)CC(=O)N(C)CC(=O)N(C)CC(=O)N(C)CC(=O)N(C)CC(=O)N(C)CC(=O)O)C(=O)N[C@@H](C)C(=O)NCOCC(=O)[C@@]12O[C@H](/C=C/C3CCC3)O[C@@H]1C[C@H]1[C@@H]3CCC4=CC(=O)C=C[C@]4(C)[C@@]3(F)[C@@H](O)C[C@@]12C. The molecule has 5 N–H and O–H groups in total. The van der Waals surface area contributed by atoms with Gasteiger partial charge in [0.15, 0.2) is 29.1 Å². The standard InChI is InChI=1S/C82H113FN14O24/c1-49(77(116)84-48-118-47-60(100)82-61(120-76(121-82)29-20-51-17-15-18-51)35-57-56-25-23-53-33-55(98)30-31-79(53,3)81(56,83)59(99)36-80(57,82)4)86-78(117)50(2)85-62(101)26-22-52-21-24-54(97-64(103)27-28-65(97)104)34-58(52)119-32-16-19-63(102)87(5)37-66(105)88(6)38-67(106)89(7)39-68(107)90(8)40-69(108)91(9)41-70(109)92(10)42-71(110)93(11)43-72(111)94(12)44-73(112)95(13)45-74(113)96(14)46-75(114)115/h20-21,24,27-31,33-34,49-51,56-57,59,61,76,99H,15-19,22-23,25-26,32,35-48H2,1-14H3,(H,84,116)(H,85,101)(H,86,117)(H,114,115)/b29-20+/t49-,50-,56-,57-,59-,61+,76+,79-,80-,81-,82+/m0/s1. The zero-order chi connectivity index (χ0) is 89.7. The number of aliphatic hydroxyl groups excluding tert-OH is 1. The molecule has 15 amide bonds. The average Bonchev–Trinajstić information content (AvgIpc) is 1.51. The molecule has 38 nitrogen and oxygen atoms in total. The third kappa shape index (κ3) is 22.3. The summed E-state index contributed by atoms with van der Waals surface area (Å²) in [7, 11) is 13.0. The third-order valence-electron chi connectivity index (χ3n) is 24.1. The van der Waals surface area contributed by atoms with Gasteiger partial charge in [0.2, 0.25) is 76.8 Å².